The van der Waals surface area contributed by atoms with E-state index in [1.54, 1.807) is 12.1 Å². The van der Waals surface area contributed by atoms with E-state index in [-0.39, 0.29) is 16.1 Å². The lowest BCUT2D eigenvalue weighted by Gasteiger charge is -2.58. The number of sulfone groups is 1. The molecule has 0 bridgehead atoms. The average molecular weight is 348 g/mol. The number of hydrogen-bond acceptors (Lipinski definition) is 5. The molecule has 1 aliphatic heterocycles. The number of benzene rings is 1. The summed E-state index contributed by atoms with van der Waals surface area (Å²) in [6.45, 7) is 5.72. The van der Waals surface area contributed by atoms with Gasteiger partial charge in [0.2, 0.25) is 0 Å². The maximum atomic E-state index is 12.5. The van der Waals surface area contributed by atoms with Crippen molar-refractivity contribution in [3.8, 4) is 6.07 Å². The zero-order chi connectivity index (χ0) is 17.5. The van der Waals surface area contributed by atoms with Gasteiger partial charge in [-0.2, -0.15) is 5.26 Å². The van der Waals surface area contributed by atoms with Crippen molar-refractivity contribution in [1.82, 2.24) is 4.90 Å². The third-order valence-corrected chi connectivity index (χ3v) is 7.28. The first-order valence-electron chi connectivity index (χ1n) is 8.32. The molecule has 1 aromatic carbocycles. The van der Waals surface area contributed by atoms with Crippen LogP contribution in [-0.2, 0) is 14.6 Å². The topological polar surface area (TPSA) is 70.4 Å². The van der Waals surface area contributed by atoms with Gasteiger partial charge in [-0.3, -0.25) is 0 Å². The second-order valence-corrected chi connectivity index (χ2v) is 9.55. The highest BCUT2D eigenvalue weighted by Gasteiger charge is 2.60. The Morgan fingerprint density at radius 3 is 2.62 bits per heavy atom. The molecule has 0 N–H and O–H groups in total. The molecule has 130 valence electrons. The van der Waals surface area contributed by atoms with Crippen LogP contribution in [0.25, 0.3) is 0 Å². The van der Waals surface area contributed by atoms with Gasteiger partial charge in [0.1, 0.15) is 0 Å². The lowest BCUT2D eigenvalue weighted by molar-refractivity contribution is -0.148. The van der Waals surface area contributed by atoms with Crippen LogP contribution in [0.1, 0.15) is 25.8 Å². The first-order valence-corrected chi connectivity index (χ1v) is 9.97. The first-order chi connectivity index (χ1) is 11.3. The Morgan fingerprint density at radius 1 is 1.33 bits per heavy atom. The van der Waals surface area contributed by atoms with Crippen molar-refractivity contribution in [2.24, 2.45) is 11.3 Å². The summed E-state index contributed by atoms with van der Waals surface area (Å²) in [5.41, 5.74) is 0.531. The van der Waals surface area contributed by atoms with Crippen LogP contribution in [0.15, 0.2) is 29.2 Å². The van der Waals surface area contributed by atoms with E-state index in [0.29, 0.717) is 30.2 Å². The second kappa shape index (κ2) is 6.14. The van der Waals surface area contributed by atoms with E-state index in [0.717, 1.165) is 13.0 Å². The highest BCUT2D eigenvalue weighted by molar-refractivity contribution is 7.91. The Labute approximate surface area is 144 Å². The molecule has 3 atom stereocenters. The summed E-state index contributed by atoms with van der Waals surface area (Å²) < 4.78 is 30.9. The van der Waals surface area contributed by atoms with E-state index < -0.39 is 9.84 Å². The fourth-order valence-electron chi connectivity index (χ4n) is 4.45. The predicted molar refractivity (Wildman–Crippen MR) is 91.3 cm³/mol. The molecule has 6 heteroatoms. The largest absolute Gasteiger partial charge is 0.377 e. The summed E-state index contributed by atoms with van der Waals surface area (Å²) >= 11 is 0. The number of ether oxygens (including phenoxy) is 1. The van der Waals surface area contributed by atoms with Gasteiger partial charge in [-0.25, -0.2) is 8.42 Å². The van der Waals surface area contributed by atoms with Gasteiger partial charge in [0, 0.05) is 30.5 Å². The summed E-state index contributed by atoms with van der Waals surface area (Å²) in [4.78, 5) is 2.46. The van der Waals surface area contributed by atoms with Crippen molar-refractivity contribution in [1.29, 1.82) is 5.26 Å². The van der Waals surface area contributed by atoms with Crippen molar-refractivity contribution in [2.75, 3.05) is 26.0 Å². The Morgan fingerprint density at radius 2 is 2.00 bits per heavy atom. The van der Waals surface area contributed by atoms with E-state index in [1.807, 2.05) is 13.1 Å². The van der Waals surface area contributed by atoms with E-state index in [9.17, 15) is 8.42 Å². The molecule has 0 radical (unpaired) electrons. The number of nitriles is 1. The van der Waals surface area contributed by atoms with Crippen LogP contribution >= 0.6 is 0 Å². The molecule has 1 aromatic rings. The molecular weight excluding hydrogens is 324 g/mol. The van der Waals surface area contributed by atoms with Gasteiger partial charge in [-0.15, -0.1) is 0 Å². The second-order valence-electron chi connectivity index (χ2n) is 7.45. The van der Waals surface area contributed by atoms with E-state index in [2.05, 4.69) is 18.7 Å². The van der Waals surface area contributed by atoms with Crippen LogP contribution in [0.5, 0.6) is 0 Å². The standard InChI is InChI=1S/C18H24N2O3S/c1-18(2)16(15-8-10-23-17(15)18)20(3)9-11-24(21,22)14-6-4-13(12-19)5-7-14/h4-7,15-17H,8-11H2,1-3H3. The molecule has 2 fully saturated rings. The van der Waals surface area contributed by atoms with Gasteiger partial charge in [-0.1, -0.05) is 13.8 Å². The van der Waals surface area contributed by atoms with Gasteiger partial charge in [-0.05, 0) is 37.7 Å². The minimum absolute atomic E-state index is 0.0636. The molecule has 1 saturated carbocycles. The van der Waals surface area contributed by atoms with Crippen LogP contribution in [0.4, 0.5) is 0 Å². The van der Waals surface area contributed by atoms with Crippen LogP contribution in [0.2, 0.25) is 0 Å². The summed E-state index contributed by atoms with van der Waals surface area (Å²) in [7, 11) is -1.33. The first kappa shape index (κ1) is 17.4. The SMILES string of the molecule is CN(CCS(=O)(=O)c1ccc(C#N)cc1)C1C2CCOC2C1(C)C. The number of fused-ring (bicyclic) bond motifs is 1. The van der Waals surface area contributed by atoms with Crippen LogP contribution in [0.3, 0.4) is 0 Å². The summed E-state index contributed by atoms with van der Waals surface area (Å²) in [5.74, 6) is 0.600. The van der Waals surface area contributed by atoms with Crippen LogP contribution in [-0.4, -0.2) is 51.4 Å². The molecule has 3 rings (SSSR count). The molecule has 0 aromatic heterocycles. The Balaban J connectivity index is 1.65. The Hall–Kier alpha value is -1.42. The zero-order valence-corrected chi connectivity index (χ0v) is 15.2. The van der Waals surface area contributed by atoms with Gasteiger partial charge < -0.3 is 9.64 Å². The molecule has 0 spiro atoms. The van der Waals surface area contributed by atoms with Crippen molar-refractivity contribution < 1.29 is 13.2 Å². The van der Waals surface area contributed by atoms with Gasteiger partial charge in [0.05, 0.1) is 28.4 Å². The molecule has 0 amide bonds. The van der Waals surface area contributed by atoms with Crippen molar-refractivity contribution in [3.05, 3.63) is 29.8 Å². The van der Waals surface area contributed by atoms with E-state index in [4.69, 9.17) is 10.00 Å². The monoisotopic (exact) mass is 348 g/mol. The predicted octanol–water partition coefficient (Wildman–Crippen LogP) is 2.08. The lowest BCUT2D eigenvalue weighted by atomic mass is 9.57. The molecule has 24 heavy (non-hydrogen) atoms. The Kier molecular flexibility index (Phi) is 4.45. The molecule has 1 heterocycles. The minimum atomic E-state index is -3.34. The number of nitrogens with zero attached hydrogens (tertiary/aromatic N) is 2. The van der Waals surface area contributed by atoms with Gasteiger partial charge in [0.15, 0.2) is 9.84 Å². The normalized spacial score (nSPS) is 28.2. The maximum Gasteiger partial charge on any atom is 0.179 e. The summed E-state index contributed by atoms with van der Waals surface area (Å²) in [6.07, 6.45) is 1.37. The highest BCUT2D eigenvalue weighted by atomic mass is 32.2. The fraction of sp³-hybridized carbons (Fsp3) is 0.611. The van der Waals surface area contributed by atoms with Gasteiger partial charge >= 0.3 is 0 Å². The third kappa shape index (κ3) is 2.85. The van der Waals surface area contributed by atoms with Crippen LogP contribution < -0.4 is 0 Å². The van der Waals surface area contributed by atoms with E-state index >= 15 is 0 Å². The Bertz CT molecular complexity index is 749. The lowest BCUT2D eigenvalue weighted by Crippen LogP contribution is -2.66. The molecule has 2 aliphatic rings. The quantitative estimate of drug-likeness (QED) is 0.815. The fourth-order valence-corrected chi connectivity index (χ4v) is 5.77. The molecular formula is C18H24N2O3S. The van der Waals surface area contributed by atoms with Gasteiger partial charge in [0.25, 0.3) is 0 Å². The molecule has 5 nitrogen and oxygen atoms in total. The maximum absolute atomic E-state index is 12.5. The summed E-state index contributed by atoms with van der Waals surface area (Å²) in [5, 5.41) is 8.81. The minimum Gasteiger partial charge on any atom is -0.377 e. The van der Waals surface area contributed by atoms with Crippen LogP contribution in [0, 0.1) is 22.7 Å². The number of hydrogen-bond donors (Lipinski definition) is 0. The van der Waals surface area contributed by atoms with Crippen molar-refractivity contribution in [3.63, 3.8) is 0 Å². The van der Waals surface area contributed by atoms with E-state index in [1.165, 1.54) is 12.1 Å². The average Bonchev–Trinajstić information content (AvgIpc) is 2.99. The third-order valence-electron chi connectivity index (χ3n) is 5.57. The summed E-state index contributed by atoms with van der Waals surface area (Å²) in [6, 6.07) is 8.49. The molecule has 3 unspecified atom stereocenters. The zero-order valence-electron chi connectivity index (χ0n) is 14.4. The number of rotatable bonds is 5. The van der Waals surface area contributed by atoms with Crippen molar-refractivity contribution >= 4 is 9.84 Å². The molecule has 1 aliphatic carbocycles. The molecule has 1 saturated heterocycles. The van der Waals surface area contributed by atoms with Crippen molar-refractivity contribution in [2.45, 2.75) is 37.3 Å². The highest BCUT2D eigenvalue weighted by Crippen LogP contribution is 2.54. The smallest absolute Gasteiger partial charge is 0.179 e.